The normalized spacial score (nSPS) is 11.8. The van der Waals surface area contributed by atoms with Gasteiger partial charge in [0, 0.05) is 24.5 Å². The van der Waals surface area contributed by atoms with Crippen LogP contribution in [-0.2, 0) is 0 Å². The van der Waals surface area contributed by atoms with Gasteiger partial charge in [0.15, 0.2) is 5.69 Å². The Morgan fingerprint density at radius 3 is 2.68 bits per heavy atom. The molecule has 6 nitrogen and oxygen atoms in total. The number of rotatable bonds is 3. The van der Waals surface area contributed by atoms with Gasteiger partial charge in [-0.3, -0.25) is 4.40 Å². The molecule has 2 heterocycles. The van der Waals surface area contributed by atoms with E-state index in [2.05, 4.69) is 36.1 Å². The van der Waals surface area contributed by atoms with E-state index in [-0.39, 0.29) is 11.1 Å². The molecule has 0 aromatic carbocycles. The molecule has 0 fully saturated rings. The van der Waals surface area contributed by atoms with Crippen molar-refractivity contribution in [2.45, 2.75) is 27.7 Å². The number of carboxylic acids is 1. The summed E-state index contributed by atoms with van der Waals surface area (Å²) in [6.45, 7) is 9.06. The summed E-state index contributed by atoms with van der Waals surface area (Å²) < 4.78 is 1.67. The van der Waals surface area contributed by atoms with Crippen molar-refractivity contribution in [1.29, 1.82) is 0 Å². The molecule has 0 unspecified atom stereocenters. The molecule has 0 amide bonds. The van der Waals surface area contributed by atoms with Crippen molar-refractivity contribution in [3.05, 3.63) is 23.7 Å². The molecule has 0 radical (unpaired) electrons. The predicted octanol–water partition coefficient (Wildman–Crippen LogP) is 2.19. The Morgan fingerprint density at radius 2 is 2.11 bits per heavy atom. The van der Waals surface area contributed by atoms with E-state index >= 15 is 0 Å². The lowest BCUT2D eigenvalue weighted by atomic mass is 9.97. The van der Waals surface area contributed by atoms with Crippen molar-refractivity contribution >= 4 is 17.6 Å². The topological polar surface area (TPSA) is 79.5 Å². The number of aromatic nitrogens is 3. The lowest BCUT2D eigenvalue weighted by Gasteiger charge is -2.19. The van der Waals surface area contributed by atoms with Crippen molar-refractivity contribution < 1.29 is 9.90 Å². The van der Waals surface area contributed by atoms with Crippen LogP contribution in [0, 0.1) is 12.3 Å². The number of hydrogen-bond acceptors (Lipinski definition) is 4. The standard InChI is InChI=1S/C13H18N4O2/c1-8-5-10(14-7-13(2,3)4)16-12-15-9(11(18)19)6-17(8)12/h5-6H,7H2,1-4H3,(H,18,19)(H,14,15,16). The monoisotopic (exact) mass is 262 g/mol. The maximum absolute atomic E-state index is 10.9. The summed E-state index contributed by atoms with van der Waals surface area (Å²) in [7, 11) is 0. The van der Waals surface area contributed by atoms with Gasteiger partial charge >= 0.3 is 5.97 Å². The Labute approximate surface area is 111 Å². The Balaban J connectivity index is 2.35. The highest BCUT2D eigenvalue weighted by molar-refractivity contribution is 5.85. The number of nitrogens with zero attached hydrogens (tertiary/aromatic N) is 3. The molecule has 0 atom stereocenters. The van der Waals surface area contributed by atoms with E-state index in [4.69, 9.17) is 5.11 Å². The molecule has 2 aromatic rings. The van der Waals surface area contributed by atoms with Crippen LogP contribution in [0.3, 0.4) is 0 Å². The summed E-state index contributed by atoms with van der Waals surface area (Å²) in [6.07, 6.45) is 1.48. The summed E-state index contributed by atoms with van der Waals surface area (Å²) >= 11 is 0. The van der Waals surface area contributed by atoms with Crippen LogP contribution in [0.25, 0.3) is 5.78 Å². The molecule has 0 aliphatic rings. The minimum absolute atomic E-state index is 0.00331. The Bertz CT molecular complexity index is 625. The number of carbonyl (C=O) groups is 1. The molecular formula is C13H18N4O2. The smallest absolute Gasteiger partial charge is 0.356 e. The second-order valence-corrected chi connectivity index (χ2v) is 5.80. The molecule has 2 rings (SSSR count). The number of aromatic carboxylic acids is 1. The Kier molecular flexibility index (Phi) is 3.18. The lowest BCUT2D eigenvalue weighted by Crippen LogP contribution is -2.19. The number of anilines is 1. The molecule has 0 aliphatic carbocycles. The summed E-state index contributed by atoms with van der Waals surface area (Å²) in [5, 5.41) is 12.2. The highest BCUT2D eigenvalue weighted by Crippen LogP contribution is 2.16. The molecule has 0 saturated heterocycles. The quantitative estimate of drug-likeness (QED) is 0.886. The molecule has 6 heteroatoms. The van der Waals surface area contributed by atoms with Crippen LogP contribution < -0.4 is 5.32 Å². The number of aryl methyl sites for hydroxylation is 1. The van der Waals surface area contributed by atoms with Gasteiger partial charge in [-0.1, -0.05) is 20.8 Å². The Morgan fingerprint density at radius 1 is 1.42 bits per heavy atom. The summed E-state index contributed by atoms with van der Waals surface area (Å²) in [4.78, 5) is 19.2. The number of carboxylic acid groups (broad SMARTS) is 1. The van der Waals surface area contributed by atoms with Crippen LogP contribution >= 0.6 is 0 Å². The molecule has 0 spiro atoms. The van der Waals surface area contributed by atoms with Crippen LogP contribution in [0.15, 0.2) is 12.3 Å². The summed E-state index contributed by atoms with van der Waals surface area (Å²) in [6, 6.07) is 1.88. The van der Waals surface area contributed by atoms with Crippen LogP contribution in [0.2, 0.25) is 0 Å². The maximum Gasteiger partial charge on any atom is 0.356 e. The van der Waals surface area contributed by atoms with Gasteiger partial charge < -0.3 is 10.4 Å². The SMILES string of the molecule is Cc1cc(NCC(C)(C)C)nc2nc(C(=O)O)cn12. The summed E-state index contributed by atoms with van der Waals surface area (Å²) in [5.74, 6) is 0.0605. The van der Waals surface area contributed by atoms with E-state index in [0.29, 0.717) is 11.6 Å². The second kappa shape index (κ2) is 4.53. The summed E-state index contributed by atoms with van der Waals surface area (Å²) in [5.41, 5.74) is 1.04. The first kappa shape index (κ1) is 13.3. The van der Waals surface area contributed by atoms with E-state index in [9.17, 15) is 4.79 Å². The first-order valence-corrected chi connectivity index (χ1v) is 6.10. The van der Waals surface area contributed by atoms with Crippen LogP contribution in [0.5, 0.6) is 0 Å². The van der Waals surface area contributed by atoms with E-state index in [0.717, 1.165) is 12.2 Å². The average molecular weight is 262 g/mol. The first-order chi connectivity index (χ1) is 8.76. The number of hydrogen-bond donors (Lipinski definition) is 2. The number of nitrogens with one attached hydrogen (secondary N) is 1. The fourth-order valence-corrected chi connectivity index (χ4v) is 1.67. The van der Waals surface area contributed by atoms with Crippen molar-refractivity contribution in [3.8, 4) is 0 Å². The zero-order valence-electron chi connectivity index (χ0n) is 11.6. The highest BCUT2D eigenvalue weighted by atomic mass is 16.4. The largest absolute Gasteiger partial charge is 0.476 e. The first-order valence-electron chi connectivity index (χ1n) is 6.10. The molecule has 19 heavy (non-hydrogen) atoms. The van der Waals surface area contributed by atoms with Gasteiger partial charge in [0.25, 0.3) is 0 Å². The van der Waals surface area contributed by atoms with Crippen molar-refractivity contribution in [2.75, 3.05) is 11.9 Å². The predicted molar refractivity (Wildman–Crippen MR) is 72.6 cm³/mol. The lowest BCUT2D eigenvalue weighted by molar-refractivity contribution is 0.0691. The Hall–Kier alpha value is -2.11. The third kappa shape index (κ3) is 3.01. The van der Waals surface area contributed by atoms with E-state index in [1.165, 1.54) is 6.20 Å². The second-order valence-electron chi connectivity index (χ2n) is 5.80. The molecule has 2 N–H and O–H groups in total. The van der Waals surface area contributed by atoms with E-state index in [1.807, 2.05) is 13.0 Å². The number of fused-ring (bicyclic) bond motifs is 1. The zero-order valence-corrected chi connectivity index (χ0v) is 11.6. The highest BCUT2D eigenvalue weighted by Gasteiger charge is 2.13. The molecule has 2 aromatic heterocycles. The number of imidazole rings is 1. The molecule has 0 aliphatic heterocycles. The van der Waals surface area contributed by atoms with Gasteiger partial charge in [0.2, 0.25) is 5.78 Å². The van der Waals surface area contributed by atoms with Gasteiger partial charge in [0.05, 0.1) is 0 Å². The minimum Gasteiger partial charge on any atom is -0.476 e. The van der Waals surface area contributed by atoms with Gasteiger partial charge in [-0.15, -0.1) is 0 Å². The van der Waals surface area contributed by atoms with Crippen LogP contribution in [-0.4, -0.2) is 32.0 Å². The van der Waals surface area contributed by atoms with Crippen molar-refractivity contribution in [3.63, 3.8) is 0 Å². The molecular weight excluding hydrogens is 244 g/mol. The van der Waals surface area contributed by atoms with Crippen molar-refractivity contribution in [1.82, 2.24) is 14.4 Å². The third-order valence-corrected chi connectivity index (χ3v) is 2.65. The van der Waals surface area contributed by atoms with Crippen LogP contribution in [0.1, 0.15) is 37.0 Å². The van der Waals surface area contributed by atoms with Gasteiger partial charge in [-0.2, -0.15) is 4.98 Å². The third-order valence-electron chi connectivity index (χ3n) is 2.65. The van der Waals surface area contributed by atoms with Gasteiger partial charge in [0.1, 0.15) is 5.82 Å². The molecule has 0 bridgehead atoms. The average Bonchev–Trinajstić information content (AvgIpc) is 2.70. The zero-order chi connectivity index (χ0) is 14.2. The van der Waals surface area contributed by atoms with Gasteiger partial charge in [-0.25, -0.2) is 9.78 Å². The van der Waals surface area contributed by atoms with Gasteiger partial charge in [-0.05, 0) is 12.3 Å². The fraction of sp³-hybridized carbons (Fsp3) is 0.462. The van der Waals surface area contributed by atoms with E-state index < -0.39 is 5.97 Å². The minimum atomic E-state index is -1.05. The fourth-order valence-electron chi connectivity index (χ4n) is 1.67. The van der Waals surface area contributed by atoms with Crippen LogP contribution in [0.4, 0.5) is 5.82 Å². The molecule has 0 saturated carbocycles. The molecule has 102 valence electrons. The van der Waals surface area contributed by atoms with Crippen molar-refractivity contribution in [2.24, 2.45) is 5.41 Å². The maximum atomic E-state index is 10.9. The van der Waals surface area contributed by atoms with E-state index in [1.54, 1.807) is 4.40 Å².